The van der Waals surface area contributed by atoms with Crippen LogP contribution in [-0.2, 0) is 6.54 Å². The molecule has 0 radical (unpaired) electrons. The normalized spacial score (nSPS) is 19.8. The fourth-order valence-electron chi connectivity index (χ4n) is 3.16. The lowest BCUT2D eigenvalue weighted by atomic mass is 10.1. The van der Waals surface area contributed by atoms with Crippen LogP contribution in [0.15, 0.2) is 24.3 Å². The summed E-state index contributed by atoms with van der Waals surface area (Å²) in [4.78, 5) is 5.03. The summed E-state index contributed by atoms with van der Waals surface area (Å²) >= 11 is 0. The van der Waals surface area contributed by atoms with Crippen LogP contribution in [-0.4, -0.2) is 44.7 Å². The van der Waals surface area contributed by atoms with E-state index in [9.17, 15) is 0 Å². The number of nitrogens with zero attached hydrogens (tertiary/aromatic N) is 2. The van der Waals surface area contributed by atoms with E-state index in [-0.39, 0.29) is 0 Å². The number of likely N-dealkylation sites (N-methyl/N-ethyl adjacent to an activating group) is 2. The van der Waals surface area contributed by atoms with Gasteiger partial charge in [0.1, 0.15) is 0 Å². The van der Waals surface area contributed by atoms with Gasteiger partial charge in [0.05, 0.1) is 0 Å². The Morgan fingerprint density at radius 1 is 1.37 bits per heavy atom. The fourth-order valence-corrected chi connectivity index (χ4v) is 3.16. The van der Waals surface area contributed by atoms with Gasteiger partial charge in [-0.3, -0.25) is 4.90 Å². The Hall–Kier alpha value is -1.06. The molecule has 1 atom stereocenters. The van der Waals surface area contributed by atoms with E-state index in [1.54, 1.807) is 0 Å². The van der Waals surface area contributed by atoms with Gasteiger partial charge in [-0.25, -0.2) is 0 Å². The van der Waals surface area contributed by atoms with E-state index in [1.807, 2.05) is 7.05 Å². The number of hydrogen-bond acceptors (Lipinski definition) is 3. The minimum Gasteiger partial charge on any atom is -0.373 e. The topological polar surface area (TPSA) is 18.5 Å². The first kappa shape index (κ1) is 14.4. The SMILES string of the molecule is CCN1CCCC1CN(C)c1ccccc1CNC. The van der Waals surface area contributed by atoms with Crippen molar-refractivity contribution in [1.29, 1.82) is 0 Å². The lowest BCUT2D eigenvalue weighted by Crippen LogP contribution is -2.39. The predicted molar refractivity (Wildman–Crippen MR) is 82.7 cm³/mol. The molecule has 0 aromatic heterocycles. The van der Waals surface area contributed by atoms with Crippen LogP contribution in [0.3, 0.4) is 0 Å². The first-order valence-electron chi connectivity index (χ1n) is 7.44. The Bertz CT molecular complexity index is 391. The lowest BCUT2D eigenvalue weighted by molar-refractivity contribution is 0.270. The molecule has 1 fully saturated rings. The first-order chi connectivity index (χ1) is 9.26. The molecule has 0 spiro atoms. The first-order valence-corrected chi connectivity index (χ1v) is 7.44. The van der Waals surface area contributed by atoms with Gasteiger partial charge in [0.15, 0.2) is 0 Å². The number of rotatable bonds is 6. The zero-order chi connectivity index (χ0) is 13.7. The molecular weight excluding hydrogens is 234 g/mol. The molecule has 1 unspecified atom stereocenters. The predicted octanol–water partition coefficient (Wildman–Crippen LogP) is 2.33. The molecule has 1 heterocycles. The highest BCUT2D eigenvalue weighted by atomic mass is 15.2. The summed E-state index contributed by atoms with van der Waals surface area (Å²) in [5, 5.41) is 3.26. The van der Waals surface area contributed by atoms with Crippen molar-refractivity contribution in [3.63, 3.8) is 0 Å². The second-order valence-electron chi connectivity index (χ2n) is 5.46. The summed E-state index contributed by atoms with van der Waals surface area (Å²) < 4.78 is 0. The summed E-state index contributed by atoms with van der Waals surface area (Å²) in [6.45, 7) is 6.79. The van der Waals surface area contributed by atoms with Crippen LogP contribution in [0.2, 0.25) is 0 Å². The summed E-state index contributed by atoms with van der Waals surface area (Å²) in [6.07, 6.45) is 2.69. The van der Waals surface area contributed by atoms with Crippen molar-refractivity contribution >= 4 is 5.69 Å². The maximum absolute atomic E-state index is 3.26. The van der Waals surface area contributed by atoms with Gasteiger partial charge in [0.2, 0.25) is 0 Å². The molecule has 1 aliphatic heterocycles. The number of para-hydroxylation sites is 1. The molecule has 3 heteroatoms. The number of hydrogen-bond donors (Lipinski definition) is 1. The fraction of sp³-hybridized carbons (Fsp3) is 0.625. The Labute approximate surface area is 117 Å². The third-order valence-electron chi connectivity index (χ3n) is 4.16. The number of anilines is 1. The highest BCUT2D eigenvalue weighted by Gasteiger charge is 2.24. The number of nitrogens with one attached hydrogen (secondary N) is 1. The van der Waals surface area contributed by atoms with Crippen molar-refractivity contribution in [2.45, 2.75) is 32.4 Å². The van der Waals surface area contributed by atoms with Crippen molar-refractivity contribution in [3.05, 3.63) is 29.8 Å². The van der Waals surface area contributed by atoms with E-state index < -0.39 is 0 Å². The molecule has 3 nitrogen and oxygen atoms in total. The molecule has 19 heavy (non-hydrogen) atoms. The van der Waals surface area contributed by atoms with Gasteiger partial charge in [-0.2, -0.15) is 0 Å². The van der Waals surface area contributed by atoms with Gasteiger partial charge in [0.25, 0.3) is 0 Å². The van der Waals surface area contributed by atoms with Crippen LogP contribution in [0, 0.1) is 0 Å². The molecule has 1 aliphatic rings. The van der Waals surface area contributed by atoms with Crippen LogP contribution < -0.4 is 10.2 Å². The third kappa shape index (κ3) is 3.48. The highest BCUT2D eigenvalue weighted by Crippen LogP contribution is 2.23. The van der Waals surface area contributed by atoms with Gasteiger partial charge in [0, 0.05) is 31.9 Å². The van der Waals surface area contributed by atoms with Gasteiger partial charge in [-0.05, 0) is 44.6 Å². The maximum Gasteiger partial charge on any atom is 0.0409 e. The van der Waals surface area contributed by atoms with Crippen molar-refractivity contribution < 1.29 is 0 Å². The van der Waals surface area contributed by atoms with Crippen molar-refractivity contribution in [2.24, 2.45) is 0 Å². The maximum atomic E-state index is 3.26. The Morgan fingerprint density at radius 3 is 2.89 bits per heavy atom. The largest absolute Gasteiger partial charge is 0.373 e. The Balaban J connectivity index is 2.05. The van der Waals surface area contributed by atoms with Gasteiger partial charge in [-0.15, -0.1) is 0 Å². The van der Waals surface area contributed by atoms with Gasteiger partial charge in [-0.1, -0.05) is 25.1 Å². The van der Waals surface area contributed by atoms with E-state index in [4.69, 9.17) is 0 Å². The smallest absolute Gasteiger partial charge is 0.0409 e. The number of likely N-dealkylation sites (tertiary alicyclic amines) is 1. The second kappa shape index (κ2) is 6.92. The van der Waals surface area contributed by atoms with Crippen molar-refractivity contribution in [1.82, 2.24) is 10.2 Å². The van der Waals surface area contributed by atoms with Gasteiger partial charge >= 0.3 is 0 Å². The van der Waals surface area contributed by atoms with E-state index in [1.165, 1.54) is 37.2 Å². The highest BCUT2D eigenvalue weighted by molar-refractivity contribution is 5.53. The minimum atomic E-state index is 0.720. The van der Waals surface area contributed by atoms with Crippen molar-refractivity contribution in [3.8, 4) is 0 Å². The Morgan fingerprint density at radius 2 is 2.16 bits per heavy atom. The average molecular weight is 261 g/mol. The minimum absolute atomic E-state index is 0.720. The molecule has 2 rings (SSSR count). The van der Waals surface area contributed by atoms with Crippen LogP contribution >= 0.6 is 0 Å². The standard InChI is InChI=1S/C16H27N3/c1-4-19-11-7-9-15(19)13-18(3)16-10-6-5-8-14(16)12-17-2/h5-6,8,10,15,17H,4,7,9,11-13H2,1-3H3. The van der Waals surface area contributed by atoms with E-state index in [0.29, 0.717) is 0 Å². The van der Waals surface area contributed by atoms with Crippen LogP contribution in [0.5, 0.6) is 0 Å². The van der Waals surface area contributed by atoms with Crippen LogP contribution in [0.25, 0.3) is 0 Å². The van der Waals surface area contributed by atoms with Crippen molar-refractivity contribution in [2.75, 3.05) is 38.6 Å². The second-order valence-corrected chi connectivity index (χ2v) is 5.46. The number of benzene rings is 1. The van der Waals surface area contributed by atoms with E-state index >= 15 is 0 Å². The molecule has 1 aromatic rings. The van der Waals surface area contributed by atoms with E-state index in [2.05, 4.69) is 53.4 Å². The third-order valence-corrected chi connectivity index (χ3v) is 4.16. The summed E-state index contributed by atoms with van der Waals surface area (Å²) in [5.74, 6) is 0. The van der Waals surface area contributed by atoms with Crippen LogP contribution in [0.4, 0.5) is 5.69 Å². The quantitative estimate of drug-likeness (QED) is 0.848. The molecule has 1 N–H and O–H groups in total. The molecule has 1 aromatic carbocycles. The van der Waals surface area contributed by atoms with E-state index in [0.717, 1.165) is 19.1 Å². The summed E-state index contributed by atoms with van der Waals surface area (Å²) in [6, 6.07) is 9.43. The van der Waals surface area contributed by atoms with Crippen LogP contribution in [0.1, 0.15) is 25.3 Å². The zero-order valence-corrected chi connectivity index (χ0v) is 12.5. The molecule has 106 valence electrons. The molecule has 0 aliphatic carbocycles. The molecule has 1 saturated heterocycles. The molecule has 0 saturated carbocycles. The molecule has 0 bridgehead atoms. The monoisotopic (exact) mass is 261 g/mol. The molecular formula is C16H27N3. The zero-order valence-electron chi connectivity index (χ0n) is 12.5. The summed E-state index contributed by atoms with van der Waals surface area (Å²) in [5.41, 5.74) is 2.74. The summed E-state index contributed by atoms with van der Waals surface area (Å²) in [7, 11) is 4.23. The average Bonchev–Trinajstić information content (AvgIpc) is 2.87. The molecule has 0 amide bonds. The Kier molecular flexibility index (Phi) is 5.23. The van der Waals surface area contributed by atoms with Gasteiger partial charge < -0.3 is 10.2 Å². The lowest BCUT2D eigenvalue weighted by Gasteiger charge is -2.30.